The fraction of sp³-hybridized carbons (Fsp3) is 0.357. The molecule has 0 radical (unpaired) electrons. The summed E-state index contributed by atoms with van der Waals surface area (Å²) < 4.78 is 0. The average molecular weight is 519 g/mol. The summed E-state index contributed by atoms with van der Waals surface area (Å²) in [7, 11) is 0. The third-order valence-corrected chi connectivity index (χ3v) is 7.24. The van der Waals surface area contributed by atoms with Crippen LogP contribution in [0, 0.1) is 22.7 Å². The molecule has 2 aromatic carbocycles. The van der Waals surface area contributed by atoms with E-state index < -0.39 is 11.4 Å². The maximum Gasteiger partial charge on any atom is 0.253 e. The van der Waals surface area contributed by atoms with Crippen molar-refractivity contribution in [1.82, 2.24) is 15.5 Å². The molecule has 2 aromatic rings. The van der Waals surface area contributed by atoms with E-state index in [9.17, 15) is 14.9 Å². The average Bonchev–Trinajstić information content (AvgIpc) is 3.72. The SMILES string of the molecule is N#CCC1(N/C=C(\C(=N)NC(=O)C2CC2)C(N)=O)CCN(Cc2ccc(-c3cccc(Cl)c3)cc2)CC1. The number of benzene rings is 2. The largest absolute Gasteiger partial charge is 0.384 e. The van der Waals surface area contributed by atoms with Crippen LogP contribution in [-0.2, 0) is 16.1 Å². The van der Waals surface area contributed by atoms with Gasteiger partial charge in [-0.05, 0) is 54.5 Å². The van der Waals surface area contributed by atoms with Gasteiger partial charge in [0.1, 0.15) is 5.84 Å². The second kappa shape index (κ2) is 11.6. The van der Waals surface area contributed by atoms with E-state index in [1.165, 1.54) is 11.8 Å². The van der Waals surface area contributed by atoms with Crippen molar-refractivity contribution in [3.63, 3.8) is 0 Å². The van der Waals surface area contributed by atoms with Crippen LogP contribution in [-0.4, -0.2) is 41.2 Å². The van der Waals surface area contributed by atoms with Crippen LogP contribution in [0.1, 0.15) is 37.7 Å². The third-order valence-electron chi connectivity index (χ3n) is 7.00. The predicted octanol–water partition coefficient (Wildman–Crippen LogP) is 3.72. The lowest BCUT2D eigenvalue weighted by Crippen LogP contribution is -2.51. The van der Waals surface area contributed by atoms with Gasteiger partial charge in [-0.3, -0.25) is 19.9 Å². The lowest BCUT2D eigenvalue weighted by Gasteiger charge is -2.41. The number of hydrogen-bond acceptors (Lipinski definition) is 6. The smallest absolute Gasteiger partial charge is 0.253 e. The van der Waals surface area contributed by atoms with Crippen LogP contribution < -0.4 is 16.4 Å². The first-order chi connectivity index (χ1) is 17.8. The molecule has 1 aliphatic carbocycles. The summed E-state index contributed by atoms with van der Waals surface area (Å²) in [5.74, 6) is -1.48. The summed E-state index contributed by atoms with van der Waals surface area (Å²) in [5.41, 5.74) is 8.22. The topological polar surface area (TPSA) is 135 Å². The number of likely N-dealkylation sites (tertiary alicyclic amines) is 1. The molecule has 8 nitrogen and oxygen atoms in total. The molecule has 2 amide bonds. The van der Waals surface area contributed by atoms with Gasteiger partial charge >= 0.3 is 0 Å². The van der Waals surface area contributed by atoms with Crippen molar-refractivity contribution in [3.8, 4) is 17.2 Å². The number of primary amides is 1. The first-order valence-electron chi connectivity index (χ1n) is 12.4. The molecule has 9 heteroatoms. The van der Waals surface area contributed by atoms with Crippen molar-refractivity contribution in [3.05, 3.63) is 70.9 Å². The minimum atomic E-state index is -0.806. The maximum atomic E-state index is 12.0. The number of nitrogens with one attached hydrogen (secondary N) is 3. The van der Waals surface area contributed by atoms with E-state index in [4.69, 9.17) is 22.7 Å². The van der Waals surface area contributed by atoms with Gasteiger partial charge in [-0.1, -0.05) is 48.0 Å². The molecule has 1 saturated carbocycles. The summed E-state index contributed by atoms with van der Waals surface area (Å²) in [6.07, 6.45) is 4.59. The predicted molar refractivity (Wildman–Crippen MR) is 143 cm³/mol. The molecule has 1 aliphatic heterocycles. The van der Waals surface area contributed by atoms with Gasteiger partial charge < -0.3 is 16.4 Å². The van der Waals surface area contributed by atoms with Crippen LogP contribution in [0.2, 0.25) is 5.02 Å². The van der Waals surface area contributed by atoms with Crippen molar-refractivity contribution in [2.75, 3.05) is 13.1 Å². The lowest BCUT2D eigenvalue weighted by atomic mass is 9.84. The Hall–Kier alpha value is -3.67. The summed E-state index contributed by atoms with van der Waals surface area (Å²) in [6, 6.07) is 18.5. The molecular formula is C28H31ClN6O2. The number of carbonyl (C=O) groups is 2. The Kier molecular flexibility index (Phi) is 8.27. The molecule has 1 saturated heterocycles. The van der Waals surface area contributed by atoms with Gasteiger partial charge in [0.15, 0.2) is 0 Å². The van der Waals surface area contributed by atoms with Gasteiger partial charge in [-0.15, -0.1) is 0 Å². The molecule has 4 rings (SSSR count). The van der Waals surface area contributed by atoms with E-state index in [1.807, 2.05) is 24.3 Å². The zero-order valence-electron chi connectivity index (χ0n) is 20.6. The highest BCUT2D eigenvalue weighted by Gasteiger charge is 2.35. The van der Waals surface area contributed by atoms with Crippen molar-refractivity contribution >= 4 is 29.3 Å². The number of nitriles is 1. The zero-order chi connectivity index (χ0) is 26.4. The maximum absolute atomic E-state index is 12.0. The number of nitrogens with zero attached hydrogens (tertiary/aromatic N) is 2. The number of halogens is 1. The number of nitrogens with two attached hydrogens (primary N) is 1. The molecule has 0 bridgehead atoms. The van der Waals surface area contributed by atoms with E-state index in [1.54, 1.807) is 0 Å². The lowest BCUT2D eigenvalue weighted by molar-refractivity contribution is -0.120. The number of amidine groups is 1. The first-order valence-corrected chi connectivity index (χ1v) is 12.8. The van der Waals surface area contributed by atoms with Crippen molar-refractivity contribution in [2.24, 2.45) is 11.7 Å². The Labute approximate surface area is 222 Å². The molecule has 0 aromatic heterocycles. The van der Waals surface area contributed by atoms with E-state index in [-0.39, 0.29) is 29.7 Å². The highest BCUT2D eigenvalue weighted by molar-refractivity contribution is 6.30. The molecule has 0 spiro atoms. The number of piperidine rings is 1. The molecule has 192 valence electrons. The van der Waals surface area contributed by atoms with E-state index in [0.717, 1.165) is 43.6 Å². The molecule has 2 fully saturated rings. The fourth-order valence-corrected chi connectivity index (χ4v) is 4.71. The quantitative estimate of drug-likeness (QED) is 0.228. The highest BCUT2D eigenvalue weighted by Crippen LogP contribution is 2.29. The summed E-state index contributed by atoms with van der Waals surface area (Å²) in [6.45, 7) is 2.32. The van der Waals surface area contributed by atoms with Gasteiger partial charge in [0.2, 0.25) is 5.91 Å². The second-order valence-corrected chi connectivity index (χ2v) is 10.2. The number of hydrogen-bond donors (Lipinski definition) is 4. The second-order valence-electron chi connectivity index (χ2n) is 9.80. The molecule has 5 N–H and O–H groups in total. The number of rotatable bonds is 9. The van der Waals surface area contributed by atoms with E-state index in [2.05, 4.69) is 45.9 Å². The van der Waals surface area contributed by atoms with Gasteiger partial charge in [0.25, 0.3) is 5.91 Å². The van der Waals surface area contributed by atoms with Gasteiger partial charge in [0, 0.05) is 36.8 Å². The van der Waals surface area contributed by atoms with E-state index in [0.29, 0.717) is 17.9 Å². The molecule has 2 aliphatic rings. The molecular weight excluding hydrogens is 488 g/mol. The van der Waals surface area contributed by atoms with Crippen molar-refractivity contribution < 1.29 is 9.59 Å². The van der Waals surface area contributed by atoms with Crippen LogP contribution in [0.4, 0.5) is 0 Å². The highest BCUT2D eigenvalue weighted by atomic mass is 35.5. The standard InChI is InChI=1S/C28H31ClN6O2/c29-23-3-1-2-22(16-23)20-6-4-19(5-7-20)18-35-14-11-28(10-13-30,12-15-35)33-17-24(26(32)36)25(31)34-27(37)21-8-9-21/h1-7,16-17,21,33H,8-12,14-15,18H2,(H2,32,36)(H2,31,34,37)/b24-17+. The van der Waals surface area contributed by atoms with Gasteiger partial charge in [-0.25, -0.2) is 0 Å². The summed E-state index contributed by atoms with van der Waals surface area (Å²) >= 11 is 6.12. The Balaban J connectivity index is 1.36. The Morgan fingerprint density at radius 1 is 1.16 bits per heavy atom. The van der Waals surface area contributed by atoms with E-state index >= 15 is 0 Å². The number of carbonyl (C=O) groups excluding carboxylic acids is 2. The van der Waals surface area contributed by atoms with Crippen molar-refractivity contribution in [2.45, 2.75) is 44.2 Å². The monoisotopic (exact) mass is 518 g/mol. The third kappa shape index (κ3) is 6.97. The Morgan fingerprint density at radius 2 is 1.86 bits per heavy atom. The van der Waals surface area contributed by atoms with Crippen molar-refractivity contribution in [1.29, 1.82) is 10.7 Å². The normalized spacial score (nSPS) is 17.5. The fourth-order valence-electron chi connectivity index (χ4n) is 4.52. The van der Waals surface area contributed by atoms with Gasteiger partial charge in [0.05, 0.1) is 23.6 Å². The van der Waals surface area contributed by atoms with Crippen LogP contribution in [0.25, 0.3) is 11.1 Å². The Morgan fingerprint density at radius 3 is 2.46 bits per heavy atom. The molecule has 37 heavy (non-hydrogen) atoms. The summed E-state index contributed by atoms with van der Waals surface area (Å²) in [5, 5.41) is 24.0. The van der Waals surface area contributed by atoms with Crippen LogP contribution >= 0.6 is 11.6 Å². The van der Waals surface area contributed by atoms with Crippen LogP contribution in [0.5, 0.6) is 0 Å². The molecule has 0 unspecified atom stereocenters. The molecule has 1 heterocycles. The van der Waals surface area contributed by atoms with Crippen LogP contribution in [0.3, 0.4) is 0 Å². The van der Waals surface area contributed by atoms with Gasteiger partial charge in [-0.2, -0.15) is 5.26 Å². The first kappa shape index (κ1) is 26.4. The Bertz CT molecular complexity index is 1240. The minimum absolute atomic E-state index is 0.0928. The van der Waals surface area contributed by atoms with Crippen LogP contribution in [0.15, 0.2) is 60.3 Å². The number of amides is 2. The minimum Gasteiger partial charge on any atom is -0.384 e. The zero-order valence-corrected chi connectivity index (χ0v) is 21.4. The molecule has 0 atom stereocenters. The summed E-state index contributed by atoms with van der Waals surface area (Å²) in [4.78, 5) is 26.3.